The number of aromatic nitrogens is 3. The van der Waals surface area contributed by atoms with Gasteiger partial charge >= 0.3 is 0 Å². The Morgan fingerprint density at radius 3 is 2.93 bits per heavy atom. The molecule has 3 atom stereocenters. The molecule has 1 aliphatic carbocycles. The predicted octanol–water partition coefficient (Wildman–Crippen LogP) is 1.76. The molecule has 2 amide bonds. The molecular weight excluding hydrogens is 374 g/mol. The third kappa shape index (κ3) is 5.90. The number of carbonyl (C=O) groups is 2. The van der Waals surface area contributed by atoms with E-state index in [4.69, 9.17) is 9.26 Å². The molecule has 0 spiro atoms. The van der Waals surface area contributed by atoms with Crippen LogP contribution in [0.2, 0.25) is 0 Å². The number of aryl methyl sites for hydroxylation is 1. The fourth-order valence-electron chi connectivity index (χ4n) is 3.58. The van der Waals surface area contributed by atoms with E-state index in [0.29, 0.717) is 44.5 Å². The summed E-state index contributed by atoms with van der Waals surface area (Å²) >= 11 is 0. The number of carbonyl (C=O) groups excluding carboxylic acids is 2. The molecule has 9 nitrogen and oxygen atoms in total. The van der Waals surface area contributed by atoms with Crippen molar-refractivity contribution in [3.8, 4) is 0 Å². The number of amides is 2. The first kappa shape index (κ1) is 21.0. The van der Waals surface area contributed by atoms with Crippen molar-refractivity contribution in [2.45, 2.75) is 58.1 Å². The Balaban J connectivity index is 1.52. The lowest BCUT2D eigenvalue weighted by molar-refractivity contribution is -0.128. The van der Waals surface area contributed by atoms with Gasteiger partial charge in [-0.3, -0.25) is 9.59 Å². The Bertz CT molecular complexity index is 789. The Hall–Kier alpha value is -2.68. The number of ether oxygens (including phenoxy) is 1. The molecule has 0 radical (unpaired) electrons. The highest BCUT2D eigenvalue weighted by Gasteiger charge is 2.35. The normalized spacial score (nSPS) is 21.7. The van der Waals surface area contributed by atoms with Gasteiger partial charge in [0.2, 0.25) is 11.7 Å². The maximum absolute atomic E-state index is 12.6. The van der Waals surface area contributed by atoms with E-state index in [1.54, 1.807) is 25.4 Å². The fraction of sp³-hybridized carbons (Fsp3) is 0.600. The molecule has 1 aliphatic rings. The Morgan fingerprint density at radius 2 is 2.24 bits per heavy atom. The van der Waals surface area contributed by atoms with E-state index >= 15 is 0 Å². The number of nitrogens with zero attached hydrogens (tertiary/aromatic N) is 2. The highest BCUT2D eigenvalue weighted by molar-refractivity contribution is 5.91. The van der Waals surface area contributed by atoms with Gasteiger partial charge in [-0.1, -0.05) is 12.1 Å². The number of aromatic amines is 1. The van der Waals surface area contributed by atoms with Crippen LogP contribution < -0.4 is 10.6 Å². The molecule has 2 aromatic heterocycles. The molecule has 2 aromatic rings. The second-order valence-electron chi connectivity index (χ2n) is 7.41. The Kier molecular flexibility index (Phi) is 7.40. The maximum Gasteiger partial charge on any atom is 0.290 e. The second kappa shape index (κ2) is 10.2. The largest absolute Gasteiger partial charge is 0.376 e. The van der Waals surface area contributed by atoms with Crippen LogP contribution in [0.5, 0.6) is 0 Å². The molecule has 9 heteroatoms. The van der Waals surface area contributed by atoms with Crippen molar-refractivity contribution in [1.82, 2.24) is 25.8 Å². The standard InChI is InChI=1S/C20H29N5O4/c1-3-10-28-16-12-14(19(26)23-7-6-18-21-8-9-22-18)4-5-15(16)24-20(27)17-11-13(2)25-29-17/h8-9,11,14-16H,3-7,10,12H2,1-2H3,(H,21,22)(H,23,26)(H,24,27)/t14-,15+,16+/m0/s1. The van der Waals surface area contributed by atoms with Gasteiger partial charge in [-0.15, -0.1) is 0 Å². The van der Waals surface area contributed by atoms with Crippen LogP contribution >= 0.6 is 0 Å². The number of H-pyrrole nitrogens is 1. The summed E-state index contributed by atoms with van der Waals surface area (Å²) in [7, 11) is 0. The van der Waals surface area contributed by atoms with Gasteiger partial charge in [0.05, 0.1) is 17.8 Å². The van der Waals surface area contributed by atoms with E-state index in [-0.39, 0.29) is 35.6 Å². The molecule has 0 aliphatic heterocycles. The van der Waals surface area contributed by atoms with Crippen molar-refractivity contribution >= 4 is 11.8 Å². The molecule has 1 saturated carbocycles. The van der Waals surface area contributed by atoms with E-state index in [9.17, 15) is 9.59 Å². The smallest absolute Gasteiger partial charge is 0.290 e. The minimum absolute atomic E-state index is 0.0253. The van der Waals surface area contributed by atoms with Gasteiger partial charge in [-0.2, -0.15) is 0 Å². The van der Waals surface area contributed by atoms with Gasteiger partial charge in [0.1, 0.15) is 5.82 Å². The monoisotopic (exact) mass is 403 g/mol. The molecule has 29 heavy (non-hydrogen) atoms. The summed E-state index contributed by atoms with van der Waals surface area (Å²) in [6.07, 6.45) is 6.73. The van der Waals surface area contributed by atoms with Crippen LogP contribution in [0.15, 0.2) is 23.0 Å². The van der Waals surface area contributed by atoms with Crippen LogP contribution in [0.3, 0.4) is 0 Å². The first-order valence-electron chi connectivity index (χ1n) is 10.2. The lowest BCUT2D eigenvalue weighted by atomic mass is 9.83. The van der Waals surface area contributed by atoms with Crippen LogP contribution in [0.4, 0.5) is 0 Å². The Morgan fingerprint density at radius 1 is 1.38 bits per heavy atom. The molecular formula is C20H29N5O4. The molecule has 0 bridgehead atoms. The highest BCUT2D eigenvalue weighted by Crippen LogP contribution is 2.27. The highest BCUT2D eigenvalue weighted by atomic mass is 16.5. The first-order valence-corrected chi connectivity index (χ1v) is 10.2. The third-order valence-electron chi connectivity index (χ3n) is 5.08. The first-order chi connectivity index (χ1) is 14.1. The maximum atomic E-state index is 12.6. The van der Waals surface area contributed by atoms with Crippen LogP contribution in [-0.2, 0) is 16.0 Å². The quantitative estimate of drug-likeness (QED) is 0.586. The lowest BCUT2D eigenvalue weighted by Crippen LogP contribution is -2.50. The zero-order chi connectivity index (χ0) is 20.6. The van der Waals surface area contributed by atoms with E-state index in [0.717, 1.165) is 12.2 Å². The third-order valence-corrected chi connectivity index (χ3v) is 5.08. The van der Waals surface area contributed by atoms with Gasteiger partial charge in [0.25, 0.3) is 5.91 Å². The number of hydrogen-bond acceptors (Lipinski definition) is 6. The van der Waals surface area contributed by atoms with Gasteiger partial charge in [0, 0.05) is 44.0 Å². The van der Waals surface area contributed by atoms with Crippen molar-refractivity contribution in [2.75, 3.05) is 13.2 Å². The predicted molar refractivity (Wildman–Crippen MR) is 105 cm³/mol. The van der Waals surface area contributed by atoms with Crippen LogP contribution in [-0.4, -0.2) is 52.2 Å². The van der Waals surface area contributed by atoms with Gasteiger partial charge in [0.15, 0.2) is 0 Å². The summed E-state index contributed by atoms with van der Waals surface area (Å²) in [4.78, 5) is 32.2. The van der Waals surface area contributed by atoms with E-state index < -0.39 is 0 Å². The number of nitrogens with one attached hydrogen (secondary N) is 3. The summed E-state index contributed by atoms with van der Waals surface area (Å²) in [6.45, 7) is 4.93. The van der Waals surface area contributed by atoms with Gasteiger partial charge < -0.3 is 24.9 Å². The van der Waals surface area contributed by atoms with E-state index in [1.807, 2.05) is 6.92 Å². The van der Waals surface area contributed by atoms with Crippen molar-refractivity contribution in [3.05, 3.63) is 35.7 Å². The average molecular weight is 403 g/mol. The van der Waals surface area contributed by atoms with Gasteiger partial charge in [-0.05, 0) is 32.6 Å². The average Bonchev–Trinajstić information content (AvgIpc) is 3.38. The SMILES string of the molecule is CCCO[C@@H]1C[C@@H](C(=O)NCCc2ncc[nH]2)CC[C@H]1NC(=O)c1cc(C)no1. The number of imidazole rings is 1. The minimum Gasteiger partial charge on any atom is -0.376 e. The van der Waals surface area contributed by atoms with Crippen molar-refractivity contribution in [2.24, 2.45) is 5.92 Å². The molecule has 0 aromatic carbocycles. The lowest BCUT2D eigenvalue weighted by Gasteiger charge is -2.35. The number of hydrogen-bond donors (Lipinski definition) is 3. The topological polar surface area (TPSA) is 122 Å². The van der Waals surface area contributed by atoms with E-state index in [1.165, 1.54) is 0 Å². The summed E-state index contributed by atoms with van der Waals surface area (Å²) < 4.78 is 11.0. The Labute approximate surface area is 170 Å². The summed E-state index contributed by atoms with van der Waals surface area (Å²) in [6, 6.07) is 1.45. The van der Waals surface area contributed by atoms with Crippen LogP contribution in [0.25, 0.3) is 0 Å². The molecule has 0 saturated heterocycles. The molecule has 0 unspecified atom stereocenters. The van der Waals surface area contributed by atoms with Crippen LogP contribution in [0.1, 0.15) is 54.7 Å². The summed E-state index contributed by atoms with van der Waals surface area (Å²) in [5.41, 5.74) is 0.656. The summed E-state index contributed by atoms with van der Waals surface area (Å²) in [5.74, 6) is 0.631. The van der Waals surface area contributed by atoms with Crippen molar-refractivity contribution < 1.29 is 18.8 Å². The number of rotatable bonds is 9. The zero-order valence-corrected chi connectivity index (χ0v) is 16.9. The zero-order valence-electron chi connectivity index (χ0n) is 16.9. The van der Waals surface area contributed by atoms with Gasteiger partial charge in [-0.25, -0.2) is 4.98 Å². The molecule has 1 fully saturated rings. The van der Waals surface area contributed by atoms with Crippen molar-refractivity contribution in [3.63, 3.8) is 0 Å². The molecule has 3 rings (SSSR count). The molecule has 2 heterocycles. The minimum atomic E-state index is -0.304. The second-order valence-corrected chi connectivity index (χ2v) is 7.41. The van der Waals surface area contributed by atoms with Crippen LogP contribution in [0, 0.1) is 12.8 Å². The summed E-state index contributed by atoms with van der Waals surface area (Å²) in [5, 5.41) is 9.73. The van der Waals surface area contributed by atoms with E-state index in [2.05, 4.69) is 25.8 Å². The fourth-order valence-corrected chi connectivity index (χ4v) is 3.58. The molecule has 158 valence electrons. The van der Waals surface area contributed by atoms with Crippen molar-refractivity contribution in [1.29, 1.82) is 0 Å². The molecule has 3 N–H and O–H groups in total.